The van der Waals surface area contributed by atoms with Crippen molar-refractivity contribution in [3.8, 4) is 12.1 Å². The van der Waals surface area contributed by atoms with Crippen molar-refractivity contribution in [1.82, 2.24) is 0 Å². The Kier molecular flexibility index (Phi) is 5.72. The molecule has 0 aromatic heterocycles. The monoisotopic (exact) mass is 384 g/mol. The smallest absolute Gasteiger partial charge is 0.351 e. The Hall–Kier alpha value is -4.36. The van der Waals surface area contributed by atoms with Gasteiger partial charge in [-0.05, 0) is 31.2 Å². The predicted octanol–water partition coefficient (Wildman–Crippen LogP) is 3.26. The van der Waals surface area contributed by atoms with E-state index in [0.29, 0.717) is 11.4 Å². The van der Waals surface area contributed by atoms with Gasteiger partial charge >= 0.3 is 5.97 Å². The first-order valence-electron chi connectivity index (χ1n) is 8.80. The van der Waals surface area contributed by atoms with Crippen LogP contribution in [0.1, 0.15) is 6.92 Å². The van der Waals surface area contributed by atoms with Gasteiger partial charge in [0.1, 0.15) is 23.4 Å². The zero-order chi connectivity index (χ0) is 20.8. The van der Waals surface area contributed by atoms with Gasteiger partial charge in [0.25, 0.3) is 5.91 Å². The number of hydrogen-bond donors (Lipinski definition) is 1. The first kappa shape index (κ1) is 19.4. The zero-order valence-corrected chi connectivity index (χ0v) is 15.5. The summed E-state index contributed by atoms with van der Waals surface area (Å²) in [4.78, 5) is 26.8. The Morgan fingerprint density at radius 3 is 2.24 bits per heavy atom. The predicted molar refractivity (Wildman–Crippen MR) is 106 cm³/mol. The Morgan fingerprint density at radius 1 is 1.07 bits per heavy atom. The maximum absolute atomic E-state index is 13.2. The molecular formula is C22H16N4O3. The van der Waals surface area contributed by atoms with Crippen LogP contribution >= 0.6 is 0 Å². The van der Waals surface area contributed by atoms with E-state index in [9.17, 15) is 20.1 Å². The lowest BCUT2D eigenvalue weighted by molar-refractivity contribution is -0.138. The molecule has 29 heavy (non-hydrogen) atoms. The fourth-order valence-electron chi connectivity index (χ4n) is 2.90. The number of carbonyl (C=O) groups is 2. The number of nitrogens with zero attached hydrogens (tertiary/aromatic N) is 3. The van der Waals surface area contributed by atoms with E-state index in [2.05, 4.69) is 5.32 Å². The van der Waals surface area contributed by atoms with Crippen molar-refractivity contribution >= 4 is 23.3 Å². The van der Waals surface area contributed by atoms with Gasteiger partial charge in [-0.2, -0.15) is 10.5 Å². The van der Waals surface area contributed by atoms with E-state index in [4.69, 9.17) is 4.74 Å². The summed E-state index contributed by atoms with van der Waals surface area (Å²) in [5.74, 6) is -1.45. The third-order valence-corrected chi connectivity index (χ3v) is 4.12. The highest BCUT2D eigenvalue weighted by molar-refractivity contribution is 6.17. The van der Waals surface area contributed by atoms with Crippen LogP contribution in [-0.2, 0) is 14.3 Å². The SMILES string of the molecule is CCOC(=O)/C(C#N)=C1\C(C#N)=C(Nc2ccccc2)C(=O)N1c1ccccc1. The van der Waals surface area contributed by atoms with Crippen LogP contribution < -0.4 is 10.2 Å². The number of nitriles is 2. The highest BCUT2D eigenvalue weighted by Gasteiger charge is 2.40. The maximum atomic E-state index is 13.2. The van der Waals surface area contributed by atoms with Crippen molar-refractivity contribution in [2.75, 3.05) is 16.8 Å². The summed E-state index contributed by atoms with van der Waals surface area (Å²) in [6, 6.07) is 21.1. The second-order valence-corrected chi connectivity index (χ2v) is 5.88. The molecule has 0 spiro atoms. The van der Waals surface area contributed by atoms with Crippen LogP contribution in [0.15, 0.2) is 83.2 Å². The van der Waals surface area contributed by atoms with Gasteiger partial charge in [-0.15, -0.1) is 0 Å². The summed E-state index contributed by atoms with van der Waals surface area (Å²) in [6.07, 6.45) is 0. The largest absolute Gasteiger partial charge is 0.462 e. The highest BCUT2D eigenvalue weighted by atomic mass is 16.5. The lowest BCUT2D eigenvalue weighted by atomic mass is 10.1. The van der Waals surface area contributed by atoms with E-state index in [0.717, 1.165) is 0 Å². The van der Waals surface area contributed by atoms with E-state index >= 15 is 0 Å². The van der Waals surface area contributed by atoms with Gasteiger partial charge in [0.15, 0.2) is 5.57 Å². The number of amides is 1. The lowest BCUT2D eigenvalue weighted by Crippen LogP contribution is -2.29. The first-order chi connectivity index (χ1) is 14.1. The van der Waals surface area contributed by atoms with Crippen LogP contribution in [0.2, 0.25) is 0 Å². The third kappa shape index (κ3) is 3.71. The number of benzene rings is 2. The number of allylic oxidation sites excluding steroid dienone is 1. The molecule has 0 saturated heterocycles. The third-order valence-electron chi connectivity index (χ3n) is 4.12. The zero-order valence-electron chi connectivity index (χ0n) is 15.5. The lowest BCUT2D eigenvalue weighted by Gasteiger charge is -2.20. The minimum atomic E-state index is -0.896. The number of rotatable bonds is 5. The van der Waals surface area contributed by atoms with Crippen LogP contribution in [0, 0.1) is 22.7 Å². The van der Waals surface area contributed by atoms with Gasteiger partial charge in [-0.3, -0.25) is 9.69 Å². The molecule has 1 N–H and O–H groups in total. The minimum absolute atomic E-state index is 0.0189. The van der Waals surface area contributed by atoms with E-state index in [1.165, 1.54) is 4.90 Å². The van der Waals surface area contributed by atoms with Crippen LogP contribution in [0.25, 0.3) is 0 Å². The topological polar surface area (TPSA) is 106 Å². The summed E-state index contributed by atoms with van der Waals surface area (Å²) >= 11 is 0. The van der Waals surface area contributed by atoms with Crippen LogP contribution in [0.4, 0.5) is 11.4 Å². The standard InChI is InChI=1S/C22H16N4O3/c1-2-29-22(28)18(14-24)20-17(13-23)19(25-15-9-5-3-6-10-15)21(27)26(20)16-11-7-4-8-12-16/h3-12,25H,2H2,1H3/b20-18+. The molecule has 1 aliphatic heterocycles. The number of hydrogen-bond acceptors (Lipinski definition) is 6. The van der Waals surface area contributed by atoms with Crippen LogP contribution in [0.5, 0.6) is 0 Å². The van der Waals surface area contributed by atoms with Crippen molar-refractivity contribution in [2.24, 2.45) is 0 Å². The van der Waals surface area contributed by atoms with Gasteiger partial charge < -0.3 is 10.1 Å². The van der Waals surface area contributed by atoms with Gasteiger partial charge in [-0.25, -0.2) is 4.79 Å². The van der Waals surface area contributed by atoms with E-state index < -0.39 is 17.4 Å². The molecule has 2 aromatic carbocycles. The fraction of sp³-hybridized carbons (Fsp3) is 0.0909. The quantitative estimate of drug-likeness (QED) is 0.482. The molecule has 0 unspecified atom stereocenters. The average molecular weight is 384 g/mol. The Labute approximate surface area is 167 Å². The van der Waals surface area contributed by atoms with E-state index in [1.807, 2.05) is 12.1 Å². The van der Waals surface area contributed by atoms with E-state index in [1.54, 1.807) is 67.6 Å². The molecule has 0 atom stereocenters. The number of ether oxygens (including phenoxy) is 1. The summed E-state index contributed by atoms with van der Waals surface area (Å²) in [7, 11) is 0. The van der Waals surface area contributed by atoms with Crippen molar-refractivity contribution in [2.45, 2.75) is 6.92 Å². The number of para-hydroxylation sites is 2. The Balaban J connectivity index is 2.23. The molecule has 1 aliphatic rings. The van der Waals surface area contributed by atoms with Gasteiger partial charge in [0, 0.05) is 11.4 Å². The average Bonchev–Trinajstić information content (AvgIpc) is 3.01. The summed E-state index contributed by atoms with van der Waals surface area (Å²) in [5.41, 5.74) is 0.380. The van der Waals surface area contributed by atoms with Crippen molar-refractivity contribution in [1.29, 1.82) is 10.5 Å². The molecule has 0 fully saturated rings. The van der Waals surface area contributed by atoms with Gasteiger partial charge in [0.2, 0.25) is 0 Å². The summed E-state index contributed by atoms with van der Waals surface area (Å²) < 4.78 is 4.96. The first-order valence-corrected chi connectivity index (χ1v) is 8.80. The molecule has 7 nitrogen and oxygen atoms in total. The second kappa shape index (κ2) is 8.55. The molecule has 1 amide bonds. The molecule has 0 aliphatic carbocycles. The molecule has 0 saturated carbocycles. The number of nitrogens with one attached hydrogen (secondary N) is 1. The number of carbonyl (C=O) groups excluding carboxylic acids is 2. The van der Waals surface area contributed by atoms with Crippen molar-refractivity contribution < 1.29 is 14.3 Å². The maximum Gasteiger partial charge on any atom is 0.351 e. The van der Waals surface area contributed by atoms with Crippen LogP contribution in [-0.4, -0.2) is 18.5 Å². The molecule has 2 aromatic rings. The van der Waals surface area contributed by atoms with E-state index in [-0.39, 0.29) is 23.6 Å². The fourth-order valence-corrected chi connectivity index (χ4v) is 2.90. The molecular weight excluding hydrogens is 368 g/mol. The summed E-state index contributed by atoms with van der Waals surface area (Å²) in [6.45, 7) is 1.66. The Bertz CT molecular complexity index is 1090. The molecule has 0 radical (unpaired) electrons. The van der Waals surface area contributed by atoms with Gasteiger partial charge in [0.05, 0.1) is 12.3 Å². The van der Waals surface area contributed by atoms with Crippen molar-refractivity contribution in [3.63, 3.8) is 0 Å². The highest BCUT2D eigenvalue weighted by Crippen LogP contribution is 2.36. The van der Waals surface area contributed by atoms with Crippen LogP contribution in [0.3, 0.4) is 0 Å². The number of anilines is 2. The summed E-state index contributed by atoms with van der Waals surface area (Å²) in [5, 5.41) is 22.4. The Morgan fingerprint density at radius 2 is 1.69 bits per heavy atom. The molecule has 142 valence electrons. The molecule has 1 heterocycles. The number of esters is 1. The molecule has 3 rings (SSSR count). The molecule has 7 heteroatoms. The van der Waals surface area contributed by atoms with Crippen molar-refractivity contribution in [3.05, 3.63) is 83.2 Å². The second-order valence-electron chi connectivity index (χ2n) is 5.88. The minimum Gasteiger partial charge on any atom is -0.462 e. The van der Waals surface area contributed by atoms with Gasteiger partial charge in [-0.1, -0.05) is 36.4 Å². The normalized spacial score (nSPS) is 14.9. The molecule has 0 bridgehead atoms.